The topological polar surface area (TPSA) is 86.9 Å². The summed E-state index contributed by atoms with van der Waals surface area (Å²) in [7, 11) is 0. The zero-order valence-electron chi connectivity index (χ0n) is 10.2. The molecule has 4 N–H and O–H groups in total. The SMILES string of the molecule is CC[C@H](N)c1ccccc1-n1cc(C(N)=O)cn1. The first-order chi connectivity index (χ1) is 8.63. The third-order valence-corrected chi connectivity index (χ3v) is 2.89. The van der Waals surface area contributed by atoms with Gasteiger partial charge >= 0.3 is 0 Å². The van der Waals surface area contributed by atoms with E-state index in [4.69, 9.17) is 11.5 Å². The van der Waals surface area contributed by atoms with Crippen LogP contribution in [0.4, 0.5) is 0 Å². The molecule has 0 fully saturated rings. The van der Waals surface area contributed by atoms with E-state index in [1.807, 2.05) is 31.2 Å². The highest BCUT2D eigenvalue weighted by molar-refractivity contribution is 5.92. The van der Waals surface area contributed by atoms with Crippen LogP contribution >= 0.6 is 0 Å². The van der Waals surface area contributed by atoms with E-state index in [0.29, 0.717) is 5.56 Å². The van der Waals surface area contributed by atoms with Crippen LogP contribution in [0.2, 0.25) is 0 Å². The maximum Gasteiger partial charge on any atom is 0.251 e. The normalized spacial score (nSPS) is 12.3. The summed E-state index contributed by atoms with van der Waals surface area (Å²) in [5, 5.41) is 4.15. The number of para-hydroxylation sites is 1. The Kier molecular flexibility index (Phi) is 3.43. The molecule has 94 valence electrons. The molecule has 18 heavy (non-hydrogen) atoms. The van der Waals surface area contributed by atoms with Crippen LogP contribution in [0.15, 0.2) is 36.7 Å². The third kappa shape index (κ3) is 2.26. The van der Waals surface area contributed by atoms with Gasteiger partial charge in [0.25, 0.3) is 5.91 Å². The molecule has 5 nitrogen and oxygen atoms in total. The molecule has 0 aliphatic carbocycles. The Morgan fingerprint density at radius 2 is 2.17 bits per heavy atom. The van der Waals surface area contributed by atoms with Gasteiger partial charge in [-0.15, -0.1) is 0 Å². The van der Waals surface area contributed by atoms with Gasteiger partial charge in [0.05, 0.1) is 17.4 Å². The van der Waals surface area contributed by atoms with E-state index >= 15 is 0 Å². The molecular formula is C13H16N4O. The minimum absolute atomic E-state index is 0.0533. The zero-order valence-corrected chi connectivity index (χ0v) is 10.2. The van der Waals surface area contributed by atoms with Gasteiger partial charge in [0.1, 0.15) is 0 Å². The number of aromatic nitrogens is 2. The summed E-state index contributed by atoms with van der Waals surface area (Å²) in [6.07, 6.45) is 3.90. The van der Waals surface area contributed by atoms with Crippen molar-refractivity contribution in [3.8, 4) is 5.69 Å². The lowest BCUT2D eigenvalue weighted by Gasteiger charge is -2.14. The molecule has 1 aromatic heterocycles. The average Bonchev–Trinajstić information content (AvgIpc) is 2.87. The number of carbonyl (C=O) groups is 1. The van der Waals surface area contributed by atoms with Crippen LogP contribution in [0, 0.1) is 0 Å². The van der Waals surface area contributed by atoms with E-state index in [-0.39, 0.29) is 6.04 Å². The van der Waals surface area contributed by atoms with Crippen molar-refractivity contribution in [2.24, 2.45) is 11.5 Å². The van der Waals surface area contributed by atoms with Gasteiger partial charge in [0.15, 0.2) is 0 Å². The summed E-state index contributed by atoms with van der Waals surface area (Å²) in [6.45, 7) is 2.03. The molecule has 2 aromatic rings. The molecule has 0 bridgehead atoms. The van der Waals surface area contributed by atoms with E-state index < -0.39 is 5.91 Å². The fraction of sp³-hybridized carbons (Fsp3) is 0.231. The molecule has 0 spiro atoms. The summed E-state index contributed by atoms with van der Waals surface area (Å²) in [4.78, 5) is 11.1. The summed E-state index contributed by atoms with van der Waals surface area (Å²) < 4.78 is 1.63. The number of rotatable bonds is 4. The second-order valence-corrected chi connectivity index (χ2v) is 4.11. The predicted molar refractivity (Wildman–Crippen MR) is 69.3 cm³/mol. The number of hydrogen-bond acceptors (Lipinski definition) is 3. The molecule has 1 atom stereocenters. The molecule has 1 heterocycles. The molecule has 0 saturated carbocycles. The predicted octanol–water partition coefficient (Wildman–Crippen LogP) is 1.38. The van der Waals surface area contributed by atoms with Crippen molar-refractivity contribution in [1.29, 1.82) is 0 Å². The number of nitrogens with zero attached hydrogens (tertiary/aromatic N) is 2. The minimum atomic E-state index is -0.487. The number of amides is 1. The third-order valence-electron chi connectivity index (χ3n) is 2.89. The van der Waals surface area contributed by atoms with Crippen molar-refractivity contribution in [3.05, 3.63) is 47.8 Å². The first kappa shape index (κ1) is 12.3. The number of nitrogens with two attached hydrogens (primary N) is 2. The van der Waals surface area contributed by atoms with Gasteiger partial charge in [-0.25, -0.2) is 4.68 Å². The van der Waals surface area contributed by atoms with E-state index in [0.717, 1.165) is 17.7 Å². The van der Waals surface area contributed by atoms with Crippen LogP contribution in [-0.4, -0.2) is 15.7 Å². The van der Waals surface area contributed by atoms with E-state index in [1.54, 1.807) is 10.9 Å². The molecular weight excluding hydrogens is 228 g/mol. The van der Waals surface area contributed by atoms with Gasteiger partial charge in [-0.1, -0.05) is 25.1 Å². The number of benzene rings is 1. The molecule has 0 radical (unpaired) electrons. The van der Waals surface area contributed by atoms with Gasteiger partial charge in [-0.05, 0) is 18.1 Å². The van der Waals surface area contributed by atoms with Crippen LogP contribution in [0.25, 0.3) is 5.69 Å². The Morgan fingerprint density at radius 1 is 1.44 bits per heavy atom. The first-order valence-corrected chi connectivity index (χ1v) is 5.82. The largest absolute Gasteiger partial charge is 0.366 e. The Balaban J connectivity index is 2.46. The van der Waals surface area contributed by atoms with Crippen LogP contribution in [-0.2, 0) is 0 Å². The van der Waals surface area contributed by atoms with E-state index in [9.17, 15) is 4.79 Å². The maximum absolute atomic E-state index is 11.1. The first-order valence-electron chi connectivity index (χ1n) is 5.82. The van der Waals surface area contributed by atoms with E-state index in [1.165, 1.54) is 6.20 Å². The Hall–Kier alpha value is -2.14. The van der Waals surface area contributed by atoms with Crippen molar-refractivity contribution in [2.75, 3.05) is 0 Å². The van der Waals surface area contributed by atoms with Gasteiger partial charge in [0, 0.05) is 12.2 Å². The number of carbonyl (C=O) groups excluding carboxylic acids is 1. The standard InChI is InChI=1S/C13H16N4O/c1-2-11(14)10-5-3-4-6-12(10)17-8-9(7-16-17)13(15)18/h3-8,11H,2,14H2,1H3,(H2,15,18)/t11-/m0/s1. The summed E-state index contributed by atoms with van der Waals surface area (Å²) >= 11 is 0. The quantitative estimate of drug-likeness (QED) is 0.851. The molecule has 0 aliphatic heterocycles. The monoisotopic (exact) mass is 244 g/mol. The Labute approximate surface area is 105 Å². The molecule has 2 rings (SSSR count). The Morgan fingerprint density at radius 3 is 2.78 bits per heavy atom. The summed E-state index contributed by atoms with van der Waals surface area (Å²) in [5.74, 6) is -0.487. The second-order valence-electron chi connectivity index (χ2n) is 4.11. The molecule has 0 saturated heterocycles. The number of hydrogen-bond donors (Lipinski definition) is 2. The Bertz CT molecular complexity index is 562. The van der Waals surface area contributed by atoms with Crippen molar-refractivity contribution in [2.45, 2.75) is 19.4 Å². The average molecular weight is 244 g/mol. The maximum atomic E-state index is 11.1. The minimum Gasteiger partial charge on any atom is -0.366 e. The van der Waals surface area contributed by atoms with Crippen molar-refractivity contribution in [1.82, 2.24) is 9.78 Å². The lowest BCUT2D eigenvalue weighted by Crippen LogP contribution is -2.13. The summed E-state index contributed by atoms with van der Waals surface area (Å²) in [5.41, 5.74) is 13.5. The fourth-order valence-corrected chi connectivity index (χ4v) is 1.81. The van der Waals surface area contributed by atoms with Crippen molar-refractivity contribution < 1.29 is 4.79 Å². The molecule has 1 aromatic carbocycles. The smallest absolute Gasteiger partial charge is 0.251 e. The lowest BCUT2D eigenvalue weighted by molar-refractivity contribution is 0.100. The lowest BCUT2D eigenvalue weighted by atomic mass is 10.0. The van der Waals surface area contributed by atoms with Crippen LogP contribution in [0.1, 0.15) is 35.3 Å². The molecule has 0 unspecified atom stereocenters. The molecule has 0 aliphatic rings. The highest BCUT2D eigenvalue weighted by Gasteiger charge is 2.12. The fourth-order valence-electron chi connectivity index (χ4n) is 1.81. The van der Waals surface area contributed by atoms with Gasteiger partial charge in [0.2, 0.25) is 0 Å². The highest BCUT2D eigenvalue weighted by Crippen LogP contribution is 2.21. The van der Waals surface area contributed by atoms with Crippen LogP contribution < -0.4 is 11.5 Å². The van der Waals surface area contributed by atoms with Crippen molar-refractivity contribution in [3.63, 3.8) is 0 Å². The van der Waals surface area contributed by atoms with Crippen LogP contribution in [0.3, 0.4) is 0 Å². The molecule has 5 heteroatoms. The molecule has 1 amide bonds. The highest BCUT2D eigenvalue weighted by atomic mass is 16.1. The van der Waals surface area contributed by atoms with Crippen LogP contribution in [0.5, 0.6) is 0 Å². The van der Waals surface area contributed by atoms with Gasteiger partial charge in [-0.3, -0.25) is 4.79 Å². The van der Waals surface area contributed by atoms with Gasteiger partial charge in [-0.2, -0.15) is 5.10 Å². The van der Waals surface area contributed by atoms with E-state index in [2.05, 4.69) is 5.10 Å². The number of primary amides is 1. The summed E-state index contributed by atoms with van der Waals surface area (Å²) in [6, 6.07) is 7.68. The second kappa shape index (κ2) is 5.01. The zero-order chi connectivity index (χ0) is 13.1. The van der Waals surface area contributed by atoms with Gasteiger partial charge < -0.3 is 11.5 Å². The van der Waals surface area contributed by atoms with Crippen molar-refractivity contribution >= 4 is 5.91 Å².